The zero-order chi connectivity index (χ0) is 20.5. The maximum atomic E-state index is 13.1. The van der Waals surface area contributed by atoms with Crippen molar-refractivity contribution in [3.8, 4) is 0 Å². The average molecular weight is 410 g/mol. The first-order valence-electron chi connectivity index (χ1n) is 9.04. The van der Waals surface area contributed by atoms with Crippen LogP contribution in [0, 0.1) is 0 Å². The average Bonchev–Trinajstić information content (AvgIpc) is 2.72. The Morgan fingerprint density at radius 3 is 2.72 bits per heavy atom. The summed E-state index contributed by atoms with van der Waals surface area (Å²) in [5.74, 6) is -0.410. The van der Waals surface area contributed by atoms with E-state index >= 15 is 0 Å². The number of ether oxygens (including phenoxy) is 1. The van der Waals surface area contributed by atoms with Gasteiger partial charge in [-0.25, -0.2) is 9.36 Å². The van der Waals surface area contributed by atoms with Gasteiger partial charge in [-0.3, -0.25) is 9.20 Å². The molecule has 2 N–H and O–H groups in total. The molecule has 7 nitrogen and oxygen atoms in total. The molecule has 0 aliphatic heterocycles. The number of nitrogen functional groups attached to an aromatic ring is 1. The maximum absolute atomic E-state index is 13.1. The van der Waals surface area contributed by atoms with E-state index in [1.807, 2.05) is 12.1 Å². The number of nitrogens with two attached hydrogens (primary N) is 1. The fraction of sp³-hybridized carbons (Fsp3) is 0.143. The molecule has 8 heteroatoms. The van der Waals surface area contributed by atoms with Crippen LogP contribution in [0.5, 0.6) is 0 Å². The molecule has 0 saturated heterocycles. The van der Waals surface area contributed by atoms with Crippen molar-refractivity contribution in [3.63, 3.8) is 0 Å². The van der Waals surface area contributed by atoms with Gasteiger partial charge >= 0.3 is 5.97 Å². The number of anilines is 1. The van der Waals surface area contributed by atoms with Crippen LogP contribution in [0.3, 0.4) is 0 Å². The van der Waals surface area contributed by atoms with Crippen molar-refractivity contribution in [3.05, 3.63) is 81.2 Å². The van der Waals surface area contributed by atoms with Gasteiger partial charge in [-0.2, -0.15) is 0 Å². The Kier molecular flexibility index (Phi) is 4.90. The highest BCUT2D eigenvalue weighted by Gasteiger charge is 2.25. The molecule has 4 rings (SSSR count). The second kappa shape index (κ2) is 7.52. The van der Waals surface area contributed by atoms with Gasteiger partial charge in [0.1, 0.15) is 10.9 Å². The summed E-state index contributed by atoms with van der Waals surface area (Å²) in [7, 11) is 0. The van der Waals surface area contributed by atoms with Gasteiger partial charge in [-0.05, 0) is 42.8 Å². The summed E-state index contributed by atoms with van der Waals surface area (Å²) in [6.45, 7) is 2.21. The molecule has 1 aromatic carbocycles. The molecule has 146 valence electrons. The van der Waals surface area contributed by atoms with Gasteiger partial charge in [0, 0.05) is 11.2 Å². The number of carbonyl (C=O) groups excluding carboxylic acids is 1. The number of pyridine rings is 2. The predicted molar refractivity (Wildman–Crippen MR) is 110 cm³/mol. The first kappa shape index (κ1) is 18.9. The van der Waals surface area contributed by atoms with Crippen LogP contribution < -0.4 is 15.9 Å². The van der Waals surface area contributed by atoms with E-state index in [2.05, 4.69) is 4.98 Å². The number of halogens is 1. The number of fused-ring (bicyclic) bond motifs is 2. The number of carbonyl (C=O) groups is 1. The van der Waals surface area contributed by atoms with Gasteiger partial charge in [0.15, 0.2) is 0 Å². The smallest absolute Gasteiger partial charge is 0.344 e. The second-order valence-corrected chi connectivity index (χ2v) is 6.90. The molecule has 0 spiro atoms. The van der Waals surface area contributed by atoms with Gasteiger partial charge < -0.3 is 10.5 Å². The van der Waals surface area contributed by atoms with Crippen LogP contribution >= 0.6 is 11.6 Å². The minimum absolute atomic E-state index is 0.128. The molecule has 0 fully saturated rings. The lowest BCUT2D eigenvalue weighted by atomic mass is 10.1. The van der Waals surface area contributed by atoms with E-state index in [4.69, 9.17) is 22.1 Å². The van der Waals surface area contributed by atoms with Gasteiger partial charge in [-0.15, -0.1) is 0 Å². The monoisotopic (exact) mass is 409 g/mol. The Hall–Kier alpha value is -3.45. The Labute approximate surface area is 170 Å². The molecule has 29 heavy (non-hydrogen) atoms. The second-order valence-electron chi connectivity index (χ2n) is 6.46. The topological polar surface area (TPSA) is 90.6 Å². The highest BCUT2D eigenvalue weighted by molar-refractivity contribution is 6.30. The largest absolute Gasteiger partial charge is 0.462 e. The molecule has 3 aromatic heterocycles. The summed E-state index contributed by atoms with van der Waals surface area (Å²) in [6.07, 6.45) is 1.63. The zero-order valence-electron chi connectivity index (χ0n) is 15.6. The molecule has 0 bridgehead atoms. The van der Waals surface area contributed by atoms with Crippen molar-refractivity contribution >= 4 is 40.1 Å². The third-order valence-electron chi connectivity index (χ3n) is 4.61. The number of hydrogen-bond acceptors (Lipinski definition) is 5. The summed E-state index contributed by atoms with van der Waals surface area (Å²) in [4.78, 5) is 30.2. The summed E-state index contributed by atoms with van der Waals surface area (Å²) in [5.41, 5.74) is 7.94. The highest BCUT2D eigenvalue weighted by Crippen LogP contribution is 2.17. The van der Waals surface area contributed by atoms with E-state index in [1.54, 1.807) is 48.0 Å². The molecule has 0 saturated carbocycles. The summed E-state index contributed by atoms with van der Waals surface area (Å²) in [5, 5.41) is 0.888. The van der Waals surface area contributed by atoms with Crippen LogP contribution in [0.4, 0.5) is 5.82 Å². The molecular weight excluding hydrogens is 392 g/mol. The summed E-state index contributed by atoms with van der Waals surface area (Å²) < 4.78 is 8.21. The predicted octanol–water partition coefficient (Wildman–Crippen LogP) is 2.60. The van der Waals surface area contributed by atoms with Gasteiger partial charge in [0.2, 0.25) is 11.5 Å². The molecular formula is C21H18ClN4O3+. The van der Waals surface area contributed by atoms with Crippen molar-refractivity contribution in [2.24, 2.45) is 0 Å². The van der Waals surface area contributed by atoms with Crippen molar-refractivity contribution in [1.29, 1.82) is 0 Å². The van der Waals surface area contributed by atoms with Crippen molar-refractivity contribution in [1.82, 2.24) is 9.38 Å². The standard InChI is InChI=1S/C21H17ClN4O3/c1-2-29-21(28)15-11-16-19(24-17-5-3-4-10-25(17)20(16)27)26(18(15)23)12-13-6-8-14(22)9-7-13/h3-11,23H,2,12H2,1H3/p+1. The number of rotatable bonds is 4. The summed E-state index contributed by atoms with van der Waals surface area (Å²) in [6, 6.07) is 14.0. The molecule has 0 amide bonds. The number of hydrogen-bond donors (Lipinski definition) is 1. The lowest BCUT2D eigenvalue weighted by molar-refractivity contribution is -0.649. The third kappa shape index (κ3) is 3.40. The molecule has 0 unspecified atom stereocenters. The van der Waals surface area contributed by atoms with Crippen molar-refractivity contribution < 1.29 is 14.1 Å². The Morgan fingerprint density at radius 1 is 1.24 bits per heavy atom. The quantitative estimate of drug-likeness (QED) is 0.318. The van der Waals surface area contributed by atoms with E-state index in [1.165, 1.54) is 10.5 Å². The minimum atomic E-state index is -0.589. The van der Waals surface area contributed by atoms with Crippen LogP contribution in [-0.4, -0.2) is 22.0 Å². The van der Waals surface area contributed by atoms with Crippen LogP contribution in [0.2, 0.25) is 5.02 Å². The van der Waals surface area contributed by atoms with E-state index in [0.29, 0.717) is 22.9 Å². The summed E-state index contributed by atoms with van der Waals surface area (Å²) >= 11 is 5.98. The SMILES string of the molecule is CCOC(=O)c1cc2c(=O)n3ccccc3nc2[n+](Cc2ccc(Cl)cc2)c1N. The highest BCUT2D eigenvalue weighted by atomic mass is 35.5. The van der Waals surface area contributed by atoms with Gasteiger partial charge in [0.25, 0.3) is 11.2 Å². The molecule has 0 radical (unpaired) electrons. The zero-order valence-corrected chi connectivity index (χ0v) is 16.4. The normalized spacial score (nSPS) is 11.1. The lowest BCUT2D eigenvalue weighted by Gasteiger charge is -2.12. The minimum Gasteiger partial charge on any atom is -0.462 e. The number of nitrogens with zero attached hydrogens (tertiary/aromatic N) is 3. The maximum Gasteiger partial charge on any atom is 0.344 e. The molecule has 0 atom stereocenters. The molecule has 3 heterocycles. The lowest BCUT2D eigenvalue weighted by Crippen LogP contribution is -2.42. The first-order chi connectivity index (χ1) is 14.0. The van der Waals surface area contributed by atoms with Crippen LogP contribution in [0.25, 0.3) is 16.7 Å². The Bertz CT molecular complexity index is 1300. The fourth-order valence-corrected chi connectivity index (χ4v) is 3.33. The Balaban J connectivity index is 2.04. The van der Waals surface area contributed by atoms with Crippen LogP contribution in [-0.2, 0) is 11.3 Å². The van der Waals surface area contributed by atoms with E-state index in [-0.39, 0.29) is 28.9 Å². The van der Waals surface area contributed by atoms with Crippen molar-refractivity contribution in [2.75, 3.05) is 12.3 Å². The van der Waals surface area contributed by atoms with Crippen LogP contribution in [0.15, 0.2) is 59.5 Å². The van der Waals surface area contributed by atoms with E-state index in [0.717, 1.165) is 5.56 Å². The number of aromatic nitrogens is 3. The van der Waals surface area contributed by atoms with Crippen molar-refractivity contribution in [2.45, 2.75) is 13.5 Å². The first-order valence-corrected chi connectivity index (χ1v) is 9.42. The number of esters is 1. The molecule has 0 aliphatic rings. The van der Waals surface area contributed by atoms with E-state index < -0.39 is 5.97 Å². The van der Waals surface area contributed by atoms with Crippen LogP contribution in [0.1, 0.15) is 22.8 Å². The number of benzene rings is 1. The fourth-order valence-electron chi connectivity index (χ4n) is 3.21. The molecule has 0 aliphatic carbocycles. The molecule has 4 aromatic rings. The van der Waals surface area contributed by atoms with Gasteiger partial charge in [-0.1, -0.05) is 34.8 Å². The Morgan fingerprint density at radius 2 is 2.00 bits per heavy atom. The van der Waals surface area contributed by atoms with E-state index in [9.17, 15) is 9.59 Å². The van der Waals surface area contributed by atoms with Gasteiger partial charge in [0.05, 0.1) is 13.2 Å². The third-order valence-corrected chi connectivity index (χ3v) is 4.86.